The Morgan fingerprint density at radius 3 is 2.38 bits per heavy atom. The minimum atomic E-state index is -0.982. The van der Waals surface area contributed by atoms with Crippen molar-refractivity contribution in [2.75, 3.05) is 13.2 Å². The number of carbonyl (C=O) groups is 2. The zero-order valence-electron chi connectivity index (χ0n) is 13.2. The van der Waals surface area contributed by atoms with Crippen molar-refractivity contribution in [3.63, 3.8) is 0 Å². The number of alkyl carbamates (subject to hydrolysis) is 1. The van der Waals surface area contributed by atoms with E-state index in [0.29, 0.717) is 6.54 Å². The molecule has 0 heterocycles. The third kappa shape index (κ3) is 7.32. The second kappa shape index (κ2) is 8.22. The first-order valence-electron chi connectivity index (χ1n) is 7.53. The fraction of sp³-hybridized carbons (Fsp3) is 0.800. The van der Waals surface area contributed by atoms with E-state index >= 15 is 0 Å². The second-order valence-corrected chi connectivity index (χ2v) is 6.41. The number of amides is 2. The molecule has 1 radical (unpaired) electrons. The fourth-order valence-electron chi connectivity index (χ4n) is 2.21. The first-order valence-corrected chi connectivity index (χ1v) is 7.53. The fourth-order valence-corrected chi connectivity index (χ4v) is 2.21. The summed E-state index contributed by atoms with van der Waals surface area (Å²) in [6.07, 6.45) is 4.97. The first-order chi connectivity index (χ1) is 9.81. The lowest BCUT2D eigenvalue weighted by Crippen LogP contribution is -2.50. The number of hydrogen-bond acceptors (Lipinski definition) is 4. The Hall–Kier alpha value is -1.30. The molecule has 1 saturated carbocycles. The van der Waals surface area contributed by atoms with Crippen molar-refractivity contribution in [2.24, 2.45) is 0 Å². The van der Waals surface area contributed by atoms with Crippen LogP contribution in [0.5, 0.6) is 0 Å². The van der Waals surface area contributed by atoms with Gasteiger partial charge in [-0.1, -0.05) is 19.3 Å². The Bertz CT molecular complexity index is 346. The van der Waals surface area contributed by atoms with E-state index in [1.807, 2.05) is 0 Å². The number of ether oxygens (including phenoxy) is 1. The molecule has 1 unspecified atom stereocenters. The van der Waals surface area contributed by atoms with Crippen LogP contribution < -0.4 is 10.6 Å². The van der Waals surface area contributed by atoms with E-state index in [2.05, 4.69) is 10.6 Å². The molecule has 3 N–H and O–H groups in total. The summed E-state index contributed by atoms with van der Waals surface area (Å²) in [6, 6.07) is -0.982. The molecule has 1 fully saturated rings. The summed E-state index contributed by atoms with van der Waals surface area (Å²) in [5.74, 6) is 0.935. The summed E-state index contributed by atoms with van der Waals surface area (Å²) in [4.78, 5) is 23.6. The van der Waals surface area contributed by atoms with Crippen LogP contribution in [0.15, 0.2) is 0 Å². The van der Waals surface area contributed by atoms with Crippen LogP contribution in [0.2, 0.25) is 0 Å². The van der Waals surface area contributed by atoms with E-state index in [9.17, 15) is 14.7 Å². The smallest absolute Gasteiger partial charge is 0.408 e. The SMILES string of the molecule is CC(C)(C)OC(=O)NC(CO)C(=O)NC[C]1CCCCC1. The molecular weight excluding hydrogens is 272 g/mol. The van der Waals surface area contributed by atoms with E-state index in [-0.39, 0.29) is 5.91 Å². The van der Waals surface area contributed by atoms with Gasteiger partial charge in [-0.3, -0.25) is 4.79 Å². The molecule has 2 amide bonds. The minimum absolute atomic E-state index is 0.388. The molecule has 0 aliphatic heterocycles. The average Bonchev–Trinajstić information content (AvgIpc) is 2.41. The lowest BCUT2D eigenvalue weighted by atomic mass is 9.89. The number of rotatable bonds is 5. The van der Waals surface area contributed by atoms with Gasteiger partial charge in [-0.15, -0.1) is 0 Å². The highest BCUT2D eigenvalue weighted by atomic mass is 16.6. The van der Waals surface area contributed by atoms with Gasteiger partial charge in [0.15, 0.2) is 0 Å². The number of carbonyl (C=O) groups excluding carboxylic acids is 2. The lowest BCUT2D eigenvalue weighted by Gasteiger charge is -2.24. The van der Waals surface area contributed by atoms with Gasteiger partial charge >= 0.3 is 6.09 Å². The third-order valence-corrected chi connectivity index (χ3v) is 3.26. The van der Waals surface area contributed by atoms with E-state index in [1.54, 1.807) is 20.8 Å². The number of nitrogens with one attached hydrogen (secondary N) is 2. The molecule has 0 spiro atoms. The predicted molar refractivity (Wildman–Crippen MR) is 79.6 cm³/mol. The molecule has 0 saturated heterocycles. The summed E-state index contributed by atoms with van der Waals surface area (Å²) >= 11 is 0. The van der Waals surface area contributed by atoms with Crippen molar-refractivity contribution in [2.45, 2.75) is 64.5 Å². The number of aliphatic hydroxyl groups is 1. The standard InChI is InChI=1S/C15H27N2O4/c1-15(2,3)21-14(20)17-12(10-18)13(19)16-9-11-7-5-4-6-8-11/h12,18H,4-10H2,1-3H3,(H,16,19)(H,17,20). The summed E-state index contributed by atoms with van der Waals surface area (Å²) in [7, 11) is 0. The quantitative estimate of drug-likeness (QED) is 0.718. The van der Waals surface area contributed by atoms with Crippen LogP contribution in [-0.4, -0.2) is 41.9 Å². The minimum Gasteiger partial charge on any atom is -0.444 e. The maximum atomic E-state index is 12.0. The average molecular weight is 299 g/mol. The van der Waals surface area contributed by atoms with Crippen molar-refractivity contribution >= 4 is 12.0 Å². The first kappa shape index (κ1) is 17.8. The van der Waals surface area contributed by atoms with Crippen molar-refractivity contribution in [1.29, 1.82) is 0 Å². The monoisotopic (exact) mass is 299 g/mol. The maximum absolute atomic E-state index is 12.0. The second-order valence-electron chi connectivity index (χ2n) is 6.41. The van der Waals surface area contributed by atoms with Crippen LogP contribution in [0.3, 0.4) is 0 Å². The van der Waals surface area contributed by atoms with Gasteiger partial charge in [0.1, 0.15) is 11.6 Å². The molecule has 121 valence electrons. The molecule has 0 aromatic rings. The molecule has 0 bridgehead atoms. The van der Waals surface area contributed by atoms with E-state index in [4.69, 9.17) is 4.74 Å². The molecule has 6 nitrogen and oxygen atoms in total. The third-order valence-electron chi connectivity index (χ3n) is 3.26. The molecule has 1 aliphatic rings. The largest absolute Gasteiger partial charge is 0.444 e. The summed E-state index contributed by atoms with van der Waals surface area (Å²) < 4.78 is 5.07. The Kier molecular flexibility index (Phi) is 6.95. The predicted octanol–water partition coefficient (Wildman–Crippen LogP) is 1.53. The van der Waals surface area contributed by atoms with Gasteiger partial charge in [-0.25, -0.2) is 4.79 Å². The Balaban J connectivity index is 2.36. The Morgan fingerprint density at radius 2 is 1.86 bits per heavy atom. The zero-order valence-corrected chi connectivity index (χ0v) is 13.2. The summed E-state index contributed by atoms with van der Waals surface area (Å²) in [6.45, 7) is 5.27. The highest BCUT2D eigenvalue weighted by Crippen LogP contribution is 2.24. The van der Waals surface area contributed by atoms with Crippen molar-refractivity contribution in [1.82, 2.24) is 10.6 Å². The van der Waals surface area contributed by atoms with Gasteiger partial charge in [0.05, 0.1) is 6.61 Å². The number of aliphatic hydroxyl groups excluding tert-OH is 1. The van der Waals surface area contributed by atoms with Gasteiger partial charge in [-0.2, -0.15) is 0 Å². The van der Waals surface area contributed by atoms with Crippen LogP contribution in [0.1, 0.15) is 52.9 Å². The van der Waals surface area contributed by atoms with Crippen molar-refractivity contribution in [3.8, 4) is 0 Å². The topological polar surface area (TPSA) is 87.7 Å². The summed E-state index contributed by atoms with van der Waals surface area (Å²) in [5.41, 5.74) is -0.640. The number of hydrogen-bond donors (Lipinski definition) is 3. The van der Waals surface area contributed by atoms with Gasteiger partial charge in [0.25, 0.3) is 0 Å². The van der Waals surface area contributed by atoms with E-state index < -0.39 is 24.3 Å². The van der Waals surface area contributed by atoms with Gasteiger partial charge in [0.2, 0.25) is 5.91 Å². The van der Waals surface area contributed by atoms with Crippen LogP contribution in [0, 0.1) is 5.92 Å². The van der Waals surface area contributed by atoms with Gasteiger partial charge < -0.3 is 20.5 Å². The normalized spacial score (nSPS) is 17.9. The van der Waals surface area contributed by atoms with Crippen LogP contribution in [0.4, 0.5) is 4.79 Å². The van der Waals surface area contributed by atoms with Crippen LogP contribution in [-0.2, 0) is 9.53 Å². The molecule has 1 rings (SSSR count). The van der Waals surface area contributed by atoms with Crippen LogP contribution >= 0.6 is 0 Å². The molecule has 0 aromatic heterocycles. The molecule has 6 heteroatoms. The van der Waals surface area contributed by atoms with Crippen LogP contribution in [0.25, 0.3) is 0 Å². The van der Waals surface area contributed by atoms with Crippen molar-refractivity contribution < 1.29 is 19.4 Å². The van der Waals surface area contributed by atoms with E-state index in [0.717, 1.165) is 12.8 Å². The molecule has 1 aliphatic carbocycles. The highest BCUT2D eigenvalue weighted by Gasteiger charge is 2.24. The lowest BCUT2D eigenvalue weighted by molar-refractivity contribution is -0.124. The molecule has 21 heavy (non-hydrogen) atoms. The molecular formula is C15H27N2O4. The van der Waals surface area contributed by atoms with Gasteiger partial charge in [0, 0.05) is 6.54 Å². The van der Waals surface area contributed by atoms with E-state index in [1.165, 1.54) is 25.2 Å². The Labute approximate surface area is 126 Å². The zero-order chi connectivity index (χ0) is 15.9. The molecule has 0 aromatic carbocycles. The van der Waals surface area contributed by atoms with Crippen molar-refractivity contribution in [3.05, 3.63) is 5.92 Å². The highest BCUT2D eigenvalue weighted by molar-refractivity contribution is 5.85. The van der Waals surface area contributed by atoms with Gasteiger partial charge in [-0.05, 0) is 39.5 Å². The Morgan fingerprint density at radius 1 is 1.24 bits per heavy atom. The maximum Gasteiger partial charge on any atom is 0.408 e. The summed E-state index contributed by atoms with van der Waals surface area (Å²) in [5, 5.41) is 14.4. The molecule has 1 atom stereocenters.